The molecule has 1 aromatic rings. The fourth-order valence-corrected chi connectivity index (χ4v) is 3.58. The van der Waals surface area contributed by atoms with Crippen LogP contribution in [-0.4, -0.2) is 48.2 Å². The second-order valence-corrected chi connectivity index (χ2v) is 6.27. The van der Waals surface area contributed by atoms with Crippen LogP contribution in [0.15, 0.2) is 12.1 Å². The van der Waals surface area contributed by atoms with Crippen molar-refractivity contribution in [3.8, 4) is 11.5 Å². The Labute approximate surface area is 159 Å². The van der Waals surface area contributed by atoms with Crippen molar-refractivity contribution in [1.29, 1.82) is 0 Å². The maximum Gasteiger partial charge on any atom is 0.314 e. The van der Waals surface area contributed by atoms with Crippen LogP contribution in [-0.2, 0) is 0 Å². The number of nitro benzene ring substituents is 1. The molecule has 1 aliphatic carbocycles. The molecule has 2 fully saturated rings. The molecule has 1 saturated heterocycles. The van der Waals surface area contributed by atoms with E-state index in [-0.39, 0.29) is 42.3 Å². The number of hydrogen-bond acceptors (Lipinski definition) is 6. The summed E-state index contributed by atoms with van der Waals surface area (Å²) in [6.45, 7) is 3.72. The highest BCUT2D eigenvalue weighted by molar-refractivity contribution is 5.85. The summed E-state index contributed by atoms with van der Waals surface area (Å²) in [7, 11) is 1.42. The molecule has 1 aliphatic heterocycles. The van der Waals surface area contributed by atoms with Crippen LogP contribution in [0.5, 0.6) is 11.5 Å². The standard InChI is InChI=1S/C16H23N3O4.2ClH/c1-23-14-10-12(9-13(16(14)20)19(21)22)15(11-3-2-4-11)18-7-5-17-6-8-18;;/h9-11,15,17,20H,2-8H2,1H3;2*1H/t15-;;/m0../s1. The zero-order chi connectivity index (χ0) is 16.4. The molecule has 1 aromatic carbocycles. The molecule has 7 nitrogen and oxygen atoms in total. The van der Waals surface area contributed by atoms with Gasteiger partial charge in [-0.3, -0.25) is 15.0 Å². The van der Waals surface area contributed by atoms with Gasteiger partial charge in [-0.1, -0.05) is 6.42 Å². The molecular formula is C16H25Cl2N3O4. The smallest absolute Gasteiger partial charge is 0.314 e. The molecule has 3 rings (SSSR count). The summed E-state index contributed by atoms with van der Waals surface area (Å²) in [6.07, 6.45) is 3.50. The molecule has 0 aromatic heterocycles. The second kappa shape index (κ2) is 9.43. The van der Waals surface area contributed by atoms with Gasteiger partial charge in [-0.05, 0) is 30.4 Å². The van der Waals surface area contributed by atoms with Crippen LogP contribution in [0, 0.1) is 16.0 Å². The lowest BCUT2D eigenvalue weighted by Gasteiger charge is -2.43. The highest BCUT2D eigenvalue weighted by Crippen LogP contribution is 2.46. The first-order chi connectivity index (χ1) is 11.1. The van der Waals surface area contributed by atoms with Crippen LogP contribution in [0.4, 0.5) is 5.69 Å². The van der Waals surface area contributed by atoms with Crippen LogP contribution >= 0.6 is 24.8 Å². The van der Waals surface area contributed by atoms with E-state index in [1.54, 1.807) is 6.07 Å². The number of rotatable bonds is 5. The fraction of sp³-hybridized carbons (Fsp3) is 0.625. The highest BCUT2D eigenvalue weighted by atomic mass is 35.5. The van der Waals surface area contributed by atoms with Crippen molar-refractivity contribution in [2.45, 2.75) is 25.3 Å². The molecule has 0 bridgehead atoms. The Morgan fingerprint density at radius 3 is 2.44 bits per heavy atom. The van der Waals surface area contributed by atoms with E-state index < -0.39 is 10.7 Å². The van der Waals surface area contributed by atoms with E-state index in [4.69, 9.17) is 4.74 Å². The quantitative estimate of drug-likeness (QED) is 0.590. The van der Waals surface area contributed by atoms with Crippen molar-refractivity contribution in [2.75, 3.05) is 33.3 Å². The fourth-order valence-electron chi connectivity index (χ4n) is 3.58. The third-order valence-corrected chi connectivity index (χ3v) is 4.98. The summed E-state index contributed by atoms with van der Waals surface area (Å²) in [5.74, 6) is 0.296. The topological polar surface area (TPSA) is 87.9 Å². The van der Waals surface area contributed by atoms with Crippen LogP contribution in [0.3, 0.4) is 0 Å². The summed E-state index contributed by atoms with van der Waals surface area (Å²) < 4.78 is 5.16. The molecule has 1 heterocycles. The van der Waals surface area contributed by atoms with Gasteiger partial charge in [-0.2, -0.15) is 0 Å². The average molecular weight is 394 g/mol. The van der Waals surface area contributed by atoms with Crippen LogP contribution < -0.4 is 10.1 Å². The average Bonchev–Trinajstić information content (AvgIpc) is 2.51. The number of nitrogens with zero attached hydrogens (tertiary/aromatic N) is 2. The maximum absolute atomic E-state index is 11.3. The number of piperazine rings is 1. The largest absolute Gasteiger partial charge is 0.500 e. The monoisotopic (exact) mass is 393 g/mol. The van der Waals surface area contributed by atoms with Crippen LogP contribution in [0.25, 0.3) is 0 Å². The Balaban J connectivity index is 0.00000156. The Kier molecular flexibility index (Phi) is 8.21. The predicted molar refractivity (Wildman–Crippen MR) is 100 cm³/mol. The Morgan fingerprint density at radius 1 is 1.32 bits per heavy atom. The SMILES string of the molecule is COc1cc([C@H](C2CCC2)N2CCNCC2)cc([N+](=O)[O-])c1O.Cl.Cl. The first kappa shape index (κ1) is 21.8. The van der Waals surface area contributed by atoms with E-state index in [0.717, 1.165) is 44.6 Å². The van der Waals surface area contributed by atoms with Crippen LogP contribution in [0.1, 0.15) is 30.9 Å². The first-order valence-electron chi connectivity index (χ1n) is 8.12. The molecule has 25 heavy (non-hydrogen) atoms. The molecule has 0 radical (unpaired) electrons. The van der Waals surface area contributed by atoms with Gasteiger partial charge in [0.15, 0.2) is 5.75 Å². The number of ether oxygens (including phenoxy) is 1. The lowest BCUT2D eigenvalue weighted by Crippen LogP contribution is -2.47. The molecule has 2 N–H and O–H groups in total. The van der Waals surface area contributed by atoms with E-state index in [1.807, 2.05) is 0 Å². The van der Waals surface area contributed by atoms with Gasteiger partial charge >= 0.3 is 5.69 Å². The summed E-state index contributed by atoms with van der Waals surface area (Å²) in [5.41, 5.74) is 0.594. The zero-order valence-corrected chi connectivity index (χ0v) is 15.8. The number of methoxy groups -OCH3 is 1. The number of phenols is 1. The van der Waals surface area contributed by atoms with Gasteiger partial charge in [0.25, 0.3) is 0 Å². The van der Waals surface area contributed by atoms with Gasteiger partial charge in [-0.25, -0.2) is 0 Å². The normalized spacial score (nSPS) is 19.1. The predicted octanol–water partition coefficient (Wildman–Crippen LogP) is 2.90. The van der Waals surface area contributed by atoms with Gasteiger partial charge in [0.05, 0.1) is 12.0 Å². The number of aromatic hydroxyl groups is 1. The number of benzene rings is 1. The first-order valence-corrected chi connectivity index (χ1v) is 8.12. The summed E-state index contributed by atoms with van der Waals surface area (Å²) in [5, 5.41) is 24.6. The molecule has 0 spiro atoms. The van der Waals surface area contributed by atoms with Crippen LogP contribution in [0.2, 0.25) is 0 Å². The zero-order valence-electron chi connectivity index (χ0n) is 14.1. The van der Waals surface area contributed by atoms with Crippen molar-refractivity contribution in [2.24, 2.45) is 5.92 Å². The number of nitrogens with one attached hydrogen (secondary N) is 1. The number of nitro groups is 1. The van der Waals surface area contributed by atoms with E-state index in [0.29, 0.717) is 5.92 Å². The third kappa shape index (κ3) is 4.47. The summed E-state index contributed by atoms with van der Waals surface area (Å²) in [4.78, 5) is 13.1. The van der Waals surface area contributed by atoms with Crippen molar-refractivity contribution in [3.05, 3.63) is 27.8 Å². The molecule has 1 atom stereocenters. The summed E-state index contributed by atoms with van der Waals surface area (Å²) >= 11 is 0. The van der Waals surface area contributed by atoms with Crippen molar-refractivity contribution >= 4 is 30.5 Å². The Morgan fingerprint density at radius 2 is 1.96 bits per heavy atom. The minimum atomic E-state index is -0.545. The maximum atomic E-state index is 11.3. The number of phenolic OH excluding ortho intramolecular Hbond substituents is 1. The van der Waals surface area contributed by atoms with Gasteiger partial charge in [0, 0.05) is 38.3 Å². The molecule has 142 valence electrons. The lowest BCUT2D eigenvalue weighted by molar-refractivity contribution is -0.386. The van der Waals surface area contributed by atoms with Crippen molar-refractivity contribution in [3.63, 3.8) is 0 Å². The second-order valence-electron chi connectivity index (χ2n) is 6.27. The van der Waals surface area contributed by atoms with Gasteiger partial charge in [0.2, 0.25) is 5.75 Å². The van der Waals surface area contributed by atoms with E-state index in [9.17, 15) is 15.2 Å². The minimum absolute atomic E-state index is 0. The molecule has 2 aliphatic rings. The van der Waals surface area contributed by atoms with E-state index >= 15 is 0 Å². The lowest BCUT2D eigenvalue weighted by atomic mass is 9.76. The molecule has 0 amide bonds. The number of hydrogen-bond donors (Lipinski definition) is 2. The third-order valence-electron chi connectivity index (χ3n) is 4.98. The number of halogens is 2. The molecular weight excluding hydrogens is 369 g/mol. The summed E-state index contributed by atoms with van der Waals surface area (Å²) in [6, 6.07) is 3.43. The van der Waals surface area contributed by atoms with Gasteiger partial charge in [-0.15, -0.1) is 24.8 Å². The van der Waals surface area contributed by atoms with Crippen molar-refractivity contribution < 1.29 is 14.8 Å². The van der Waals surface area contributed by atoms with E-state index in [1.165, 1.54) is 19.6 Å². The molecule has 9 heteroatoms. The highest BCUT2D eigenvalue weighted by Gasteiger charge is 2.35. The van der Waals surface area contributed by atoms with Gasteiger partial charge < -0.3 is 15.2 Å². The Bertz CT molecular complexity index is 593. The van der Waals surface area contributed by atoms with E-state index in [2.05, 4.69) is 10.2 Å². The molecule has 1 saturated carbocycles. The molecule has 0 unspecified atom stereocenters. The van der Waals surface area contributed by atoms with Gasteiger partial charge in [0.1, 0.15) is 0 Å². The Hall–Kier alpha value is -1.28. The minimum Gasteiger partial charge on any atom is -0.500 e. The van der Waals surface area contributed by atoms with Crippen molar-refractivity contribution in [1.82, 2.24) is 10.2 Å².